The van der Waals surface area contributed by atoms with Gasteiger partial charge in [0.1, 0.15) is 79.4 Å². The third kappa shape index (κ3) is 6.58. The van der Waals surface area contributed by atoms with E-state index in [4.69, 9.17) is 42.6 Å². The molecule has 0 aromatic heterocycles. The summed E-state index contributed by atoms with van der Waals surface area (Å²) in [6.07, 6.45) is -14.1. The second-order valence-electron chi connectivity index (χ2n) is 20.2. The fourth-order valence-corrected chi connectivity index (χ4v) is 14.3. The summed E-state index contributed by atoms with van der Waals surface area (Å²) < 4.78 is 53.9. The molecule has 19 heteroatoms. The quantitative estimate of drug-likeness (QED) is 0.0924. The third-order valence-electron chi connectivity index (χ3n) is 17.4. The molecule has 4 bridgehead atoms. The second kappa shape index (κ2) is 16.0. The molecule has 5 aliphatic heterocycles. The molecule has 24 atom stereocenters. The summed E-state index contributed by atoms with van der Waals surface area (Å²) in [7, 11) is 1.39. The lowest BCUT2D eigenvalue weighted by molar-refractivity contribution is -0.382. The molecule has 0 radical (unpaired) electrons. The Morgan fingerprint density at radius 1 is 0.689 bits per heavy atom. The number of ether oxygens (including phenoxy) is 9. The predicted octanol–water partition coefficient (Wildman–Crippen LogP) is -1.68. The molecule has 9 N–H and O–H groups in total. The Labute approximate surface area is 354 Å². The summed E-state index contributed by atoms with van der Waals surface area (Å²) in [4.78, 5) is 12.4. The standard InChI is InChI=1S/C42H66O19/c1-18-32(59-36-30(50)28(48)33(22(16-44)58-36)60-35-29(49)27(47)26(46)21(15-43)57-35)34(53-4)31(51)37(55-18)56-20-6-9-38(2)19(13-20)5-11-40-12-8-24-39(3,10-7-23(38)40)42(40,52)61-41(24)14-25(45)54-17-41/h18-24,26-37,43-44,46-52H,5-17H2,1-4H3/t18-,19-,20-,21-,22+,23+,24-,26+,27+,28+,29+,30+,31+,32-,33+,34-,35+,36-,37+,38+,39+,40-,41+,42-/m1/s1. The first-order valence-electron chi connectivity index (χ1n) is 22.2. The molecule has 348 valence electrons. The summed E-state index contributed by atoms with van der Waals surface area (Å²) in [6.45, 7) is 4.97. The highest BCUT2D eigenvalue weighted by molar-refractivity contribution is 5.73. The van der Waals surface area contributed by atoms with Crippen molar-refractivity contribution in [3.63, 3.8) is 0 Å². The van der Waals surface area contributed by atoms with E-state index in [9.17, 15) is 50.8 Å². The number of aliphatic hydroxyl groups excluding tert-OH is 8. The third-order valence-corrected chi connectivity index (χ3v) is 17.4. The molecule has 61 heavy (non-hydrogen) atoms. The highest BCUT2D eigenvalue weighted by atomic mass is 16.8. The molecule has 5 saturated heterocycles. The first kappa shape index (κ1) is 45.0. The topological polar surface area (TPSA) is 282 Å². The van der Waals surface area contributed by atoms with Crippen LogP contribution < -0.4 is 0 Å². The maximum Gasteiger partial charge on any atom is 0.308 e. The molecular formula is C42H66O19. The number of aliphatic hydroxyl groups is 9. The highest BCUT2D eigenvalue weighted by Gasteiger charge is 2.82. The largest absolute Gasteiger partial charge is 0.462 e. The SMILES string of the molecule is CO[C@@H]1[C@H](O)[C@H](O[C@@H]2CC[C@@]3(C)[C@H](CC[C@]45CC[C@H]6[C@]7(COC(=O)C7)O[C@]4(O)[C@@]6(C)CC[C@@H]35)C2)O[C@H](C)[C@H]1O[C@H]1O[C@@H](CO)[C@H](O[C@@H]2O[C@H](CO)[C@H](O)[C@H](O)[C@@H]2O)[C@@H](O)[C@@H]1O. The van der Waals surface area contributed by atoms with Crippen LogP contribution in [0.2, 0.25) is 0 Å². The molecule has 4 aliphatic carbocycles. The molecule has 2 spiro atoms. The Morgan fingerprint density at radius 2 is 1.33 bits per heavy atom. The number of cyclic esters (lactones) is 1. The van der Waals surface area contributed by atoms with E-state index in [-0.39, 0.29) is 48.3 Å². The molecule has 9 rings (SSSR count). The minimum absolute atomic E-state index is 0.0623. The Morgan fingerprint density at radius 3 is 2.00 bits per heavy atom. The van der Waals surface area contributed by atoms with Gasteiger partial charge in [-0.05, 0) is 82.0 Å². The zero-order valence-electron chi connectivity index (χ0n) is 35.3. The smallest absolute Gasteiger partial charge is 0.308 e. The first-order valence-corrected chi connectivity index (χ1v) is 22.2. The lowest BCUT2D eigenvalue weighted by Crippen LogP contribution is -2.71. The van der Waals surface area contributed by atoms with Crippen LogP contribution in [0.5, 0.6) is 0 Å². The van der Waals surface area contributed by atoms with E-state index in [1.165, 1.54) is 7.11 Å². The van der Waals surface area contributed by atoms with E-state index < -0.39 is 128 Å². The summed E-state index contributed by atoms with van der Waals surface area (Å²) in [6, 6.07) is 0. The van der Waals surface area contributed by atoms with Gasteiger partial charge >= 0.3 is 5.97 Å². The Hall–Kier alpha value is -1.21. The van der Waals surface area contributed by atoms with Gasteiger partial charge in [-0.2, -0.15) is 0 Å². The number of rotatable bonds is 9. The van der Waals surface area contributed by atoms with Gasteiger partial charge in [0.25, 0.3) is 0 Å². The van der Waals surface area contributed by atoms with E-state index in [0.717, 1.165) is 51.4 Å². The van der Waals surface area contributed by atoms with Crippen molar-refractivity contribution in [3.8, 4) is 0 Å². The molecule has 0 aromatic carbocycles. The molecule has 0 amide bonds. The molecule has 19 nitrogen and oxygen atoms in total. The predicted molar refractivity (Wildman–Crippen MR) is 202 cm³/mol. The van der Waals surface area contributed by atoms with E-state index >= 15 is 0 Å². The first-order chi connectivity index (χ1) is 28.9. The number of carbonyl (C=O) groups excluding carboxylic acids is 1. The number of fused-ring (bicyclic) bond motifs is 3. The Balaban J connectivity index is 0.834. The maximum atomic E-state index is 12.9. The molecule has 5 heterocycles. The molecule has 0 unspecified atom stereocenters. The Kier molecular flexibility index (Phi) is 11.8. The second-order valence-corrected chi connectivity index (χ2v) is 20.2. The zero-order valence-corrected chi connectivity index (χ0v) is 35.3. The van der Waals surface area contributed by atoms with Crippen molar-refractivity contribution >= 4 is 5.97 Å². The average molecular weight is 875 g/mol. The average Bonchev–Trinajstić information content (AvgIpc) is 3.64. The van der Waals surface area contributed by atoms with Gasteiger partial charge in [-0.3, -0.25) is 4.79 Å². The van der Waals surface area contributed by atoms with Crippen LogP contribution in [0.25, 0.3) is 0 Å². The van der Waals surface area contributed by atoms with Crippen molar-refractivity contribution in [2.24, 2.45) is 34.0 Å². The number of esters is 1. The molecule has 9 fully saturated rings. The van der Waals surface area contributed by atoms with E-state index in [0.29, 0.717) is 6.42 Å². The van der Waals surface area contributed by atoms with Crippen LogP contribution in [0.3, 0.4) is 0 Å². The molecule has 4 saturated carbocycles. The van der Waals surface area contributed by atoms with E-state index in [1.807, 2.05) is 0 Å². The van der Waals surface area contributed by atoms with Gasteiger partial charge < -0.3 is 88.6 Å². The van der Waals surface area contributed by atoms with E-state index in [1.54, 1.807) is 6.92 Å². The van der Waals surface area contributed by atoms with Gasteiger partial charge in [-0.1, -0.05) is 13.8 Å². The van der Waals surface area contributed by atoms with Gasteiger partial charge in [-0.25, -0.2) is 0 Å². The van der Waals surface area contributed by atoms with Gasteiger partial charge in [0.15, 0.2) is 24.7 Å². The van der Waals surface area contributed by atoms with Crippen LogP contribution in [0, 0.1) is 34.0 Å². The zero-order chi connectivity index (χ0) is 43.6. The van der Waals surface area contributed by atoms with Gasteiger partial charge in [0.05, 0.1) is 31.8 Å². The summed E-state index contributed by atoms with van der Waals surface area (Å²) in [5.74, 6) is -1.03. The molecule has 0 aromatic rings. The van der Waals surface area contributed by atoms with Crippen molar-refractivity contribution in [1.82, 2.24) is 0 Å². The number of hydrogen-bond acceptors (Lipinski definition) is 19. The minimum Gasteiger partial charge on any atom is -0.462 e. The normalized spacial score (nSPS) is 58.0. The minimum atomic E-state index is -1.81. The van der Waals surface area contributed by atoms with Crippen LogP contribution in [0.15, 0.2) is 0 Å². The van der Waals surface area contributed by atoms with E-state index in [2.05, 4.69) is 13.8 Å². The fourth-order valence-electron chi connectivity index (χ4n) is 14.3. The van der Waals surface area contributed by atoms with Crippen molar-refractivity contribution in [3.05, 3.63) is 0 Å². The van der Waals surface area contributed by atoms with Crippen molar-refractivity contribution in [2.75, 3.05) is 26.9 Å². The van der Waals surface area contributed by atoms with Crippen molar-refractivity contribution in [1.29, 1.82) is 0 Å². The van der Waals surface area contributed by atoms with Crippen LogP contribution >= 0.6 is 0 Å². The summed E-state index contributed by atoms with van der Waals surface area (Å²) in [5, 5.41) is 97.4. The van der Waals surface area contributed by atoms with Crippen LogP contribution in [0.4, 0.5) is 0 Å². The van der Waals surface area contributed by atoms with Gasteiger partial charge in [-0.15, -0.1) is 0 Å². The van der Waals surface area contributed by atoms with Gasteiger partial charge in [0, 0.05) is 23.9 Å². The fraction of sp³-hybridized carbons (Fsp3) is 0.976. The van der Waals surface area contributed by atoms with Crippen molar-refractivity contribution < 1.29 is 93.4 Å². The monoisotopic (exact) mass is 874 g/mol. The van der Waals surface area contributed by atoms with Crippen LogP contribution in [-0.4, -0.2) is 188 Å². The highest BCUT2D eigenvalue weighted by Crippen LogP contribution is 2.79. The number of carbonyl (C=O) groups is 1. The molecule has 9 aliphatic rings. The lowest BCUT2D eigenvalue weighted by atomic mass is 9.36. The molecular weight excluding hydrogens is 808 g/mol. The lowest BCUT2D eigenvalue weighted by Gasteiger charge is -2.70. The summed E-state index contributed by atoms with van der Waals surface area (Å²) >= 11 is 0. The van der Waals surface area contributed by atoms with Crippen LogP contribution in [-0.2, 0) is 47.4 Å². The maximum absolute atomic E-state index is 12.9. The number of hydrogen-bond donors (Lipinski definition) is 9. The Bertz CT molecular complexity index is 1620. The number of methoxy groups -OCH3 is 1. The van der Waals surface area contributed by atoms with Crippen molar-refractivity contribution in [2.45, 2.75) is 195 Å². The van der Waals surface area contributed by atoms with Crippen LogP contribution in [0.1, 0.15) is 85.0 Å². The summed E-state index contributed by atoms with van der Waals surface area (Å²) in [5.41, 5.74) is -1.74. The van der Waals surface area contributed by atoms with Gasteiger partial charge in [0.2, 0.25) is 0 Å².